The molecule has 0 fully saturated rings. The van der Waals surface area contributed by atoms with E-state index in [1.807, 2.05) is 61.2 Å². The van der Waals surface area contributed by atoms with Crippen LogP contribution >= 0.6 is 0 Å². The van der Waals surface area contributed by atoms with Crippen LogP contribution in [0.4, 0.5) is 0 Å². The first kappa shape index (κ1) is 23.5. The van der Waals surface area contributed by atoms with Gasteiger partial charge in [-0.25, -0.2) is 4.79 Å². The molecule has 0 saturated heterocycles. The van der Waals surface area contributed by atoms with Gasteiger partial charge in [-0.3, -0.25) is 14.7 Å². The first-order chi connectivity index (χ1) is 15.0. The summed E-state index contributed by atoms with van der Waals surface area (Å²) in [6.45, 7) is 9.41. The Labute approximate surface area is 189 Å². The fourth-order valence-electron chi connectivity index (χ4n) is 3.63. The van der Waals surface area contributed by atoms with E-state index in [1.54, 1.807) is 6.07 Å². The maximum Gasteiger partial charge on any atom is 0.347 e. The molecule has 1 heterocycles. The number of aliphatic carboxylic acids is 1. The molecule has 6 nitrogen and oxygen atoms in total. The number of carboxylic acid groups (broad SMARTS) is 1. The van der Waals surface area contributed by atoms with Crippen molar-refractivity contribution in [1.82, 2.24) is 4.90 Å². The number of hydrogen-bond donors (Lipinski definition) is 1. The fraction of sp³-hybridized carbons (Fsp3) is 0.423. The molecule has 2 aromatic rings. The average molecular weight is 437 g/mol. The summed E-state index contributed by atoms with van der Waals surface area (Å²) < 4.78 is 5.66. The molecule has 0 radical (unpaired) electrons. The lowest BCUT2D eigenvalue weighted by atomic mass is 10.0. The zero-order chi connectivity index (χ0) is 23.5. The van der Waals surface area contributed by atoms with Crippen LogP contribution in [0.25, 0.3) is 11.1 Å². The van der Waals surface area contributed by atoms with Gasteiger partial charge in [-0.15, -0.1) is 0 Å². The second-order valence-corrected chi connectivity index (χ2v) is 9.22. The molecule has 0 unspecified atom stereocenters. The third-order valence-corrected chi connectivity index (χ3v) is 5.59. The Hall–Kier alpha value is -3.15. The number of amides is 1. The van der Waals surface area contributed by atoms with Gasteiger partial charge in [-0.2, -0.15) is 0 Å². The molecule has 1 N–H and O–H groups in total. The summed E-state index contributed by atoms with van der Waals surface area (Å²) in [6, 6.07) is 15.4. The standard InChI is InChI=1S/C26H32N2O4/c1-6-7-11-22-27-25(2,3)23(29)28(22)17-18-12-14-19(15-13-18)20-9-8-10-21(16-20)32-26(4,5)24(30)31/h8-10,12-16H,6-7,11,17H2,1-5H3,(H,30,31). The molecule has 1 aliphatic heterocycles. The van der Waals surface area contributed by atoms with Crippen molar-refractivity contribution in [2.75, 3.05) is 0 Å². The minimum Gasteiger partial charge on any atom is -0.478 e. The monoisotopic (exact) mass is 436 g/mol. The average Bonchev–Trinajstić information content (AvgIpc) is 2.95. The molecular weight excluding hydrogens is 404 g/mol. The fourth-order valence-corrected chi connectivity index (χ4v) is 3.63. The van der Waals surface area contributed by atoms with Gasteiger partial charge in [0.1, 0.15) is 17.1 Å². The number of rotatable bonds is 9. The highest BCUT2D eigenvalue weighted by Gasteiger charge is 2.40. The Morgan fingerprint density at radius 3 is 2.44 bits per heavy atom. The molecule has 6 heteroatoms. The van der Waals surface area contributed by atoms with Crippen LogP contribution in [0.1, 0.15) is 59.4 Å². The summed E-state index contributed by atoms with van der Waals surface area (Å²) >= 11 is 0. The van der Waals surface area contributed by atoms with Crippen molar-refractivity contribution >= 4 is 17.7 Å². The van der Waals surface area contributed by atoms with Crippen LogP contribution in [0.15, 0.2) is 53.5 Å². The van der Waals surface area contributed by atoms with Gasteiger partial charge in [-0.1, -0.05) is 49.7 Å². The van der Waals surface area contributed by atoms with Crippen LogP contribution in [0.3, 0.4) is 0 Å². The normalized spacial score (nSPS) is 15.6. The minimum absolute atomic E-state index is 0.0403. The highest BCUT2D eigenvalue weighted by molar-refractivity contribution is 6.07. The number of carbonyl (C=O) groups is 2. The van der Waals surface area contributed by atoms with Crippen molar-refractivity contribution in [2.24, 2.45) is 4.99 Å². The molecule has 0 bridgehead atoms. The largest absolute Gasteiger partial charge is 0.478 e. The van der Waals surface area contributed by atoms with Crippen LogP contribution in [-0.4, -0.2) is 38.9 Å². The third-order valence-electron chi connectivity index (χ3n) is 5.59. The second-order valence-electron chi connectivity index (χ2n) is 9.22. The van der Waals surface area contributed by atoms with E-state index in [-0.39, 0.29) is 5.91 Å². The number of carbonyl (C=O) groups excluding carboxylic acids is 1. The van der Waals surface area contributed by atoms with Crippen LogP contribution in [0.2, 0.25) is 0 Å². The SMILES string of the molecule is CCCCC1=NC(C)(C)C(=O)N1Cc1ccc(-c2cccc(OC(C)(C)C(=O)O)c2)cc1. The number of aliphatic imine (C=N–C) groups is 1. The Balaban J connectivity index is 1.76. The quantitative estimate of drug-likeness (QED) is 0.578. The van der Waals surface area contributed by atoms with Gasteiger partial charge in [0, 0.05) is 6.42 Å². The highest BCUT2D eigenvalue weighted by atomic mass is 16.5. The number of unbranched alkanes of at least 4 members (excludes halogenated alkanes) is 1. The third kappa shape index (κ3) is 5.18. The van der Waals surface area contributed by atoms with Gasteiger partial charge < -0.3 is 9.84 Å². The van der Waals surface area contributed by atoms with E-state index in [0.717, 1.165) is 41.8 Å². The molecule has 0 atom stereocenters. The van der Waals surface area contributed by atoms with Crippen molar-refractivity contribution in [3.63, 3.8) is 0 Å². The molecule has 32 heavy (non-hydrogen) atoms. The van der Waals surface area contributed by atoms with Gasteiger partial charge >= 0.3 is 5.97 Å². The molecule has 0 aromatic heterocycles. The Kier molecular flexibility index (Phi) is 6.72. The summed E-state index contributed by atoms with van der Waals surface area (Å²) in [6.07, 6.45) is 2.88. The topological polar surface area (TPSA) is 79.2 Å². The number of nitrogens with zero attached hydrogens (tertiary/aromatic N) is 2. The van der Waals surface area contributed by atoms with Gasteiger partial charge in [0.15, 0.2) is 5.60 Å². The van der Waals surface area contributed by atoms with Gasteiger partial charge in [0.25, 0.3) is 5.91 Å². The number of ether oxygens (including phenoxy) is 1. The van der Waals surface area contributed by atoms with E-state index in [9.17, 15) is 14.7 Å². The van der Waals surface area contributed by atoms with Gasteiger partial charge in [0.05, 0.1) is 6.54 Å². The van der Waals surface area contributed by atoms with Crippen molar-refractivity contribution in [1.29, 1.82) is 0 Å². The summed E-state index contributed by atoms with van der Waals surface area (Å²) in [5, 5.41) is 9.29. The lowest BCUT2D eigenvalue weighted by Crippen LogP contribution is -2.38. The molecule has 170 valence electrons. The zero-order valence-corrected chi connectivity index (χ0v) is 19.5. The summed E-state index contributed by atoms with van der Waals surface area (Å²) in [7, 11) is 0. The van der Waals surface area contributed by atoms with Crippen LogP contribution < -0.4 is 4.74 Å². The summed E-state index contributed by atoms with van der Waals surface area (Å²) in [5.41, 5.74) is 0.936. The number of amidine groups is 1. The molecule has 2 aromatic carbocycles. The molecule has 1 amide bonds. The molecule has 0 aliphatic carbocycles. The number of carboxylic acids is 1. The van der Waals surface area contributed by atoms with Gasteiger partial charge in [0.2, 0.25) is 0 Å². The Morgan fingerprint density at radius 2 is 1.81 bits per heavy atom. The van der Waals surface area contributed by atoms with E-state index in [0.29, 0.717) is 12.3 Å². The molecule has 0 saturated carbocycles. The summed E-state index contributed by atoms with van der Waals surface area (Å²) in [4.78, 5) is 30.7. The number of hydrogen-bond acceptors (Lipinski definition) is 4. The number of benzene rings is 2. The van der Waals surface area contributed by atoms with Crippen LogP contribution in [0, 0.1) is 0 Å². The van der Waals surface area contributed by atoms with Gasteiger partial charge in [-0.05, 0) is 62.9 Å². The van der Waals surface area contributed by atoms with Crippen molar-refractivity contribution in [3.8, 4) is 16.9 Å². The van der Waals surface area contributed by atoms with E-state index >= 15 is 0 Å². The summed E-state index contributed by atoms with van der Waals surface area (Å²) in [5.74, 6) is 0.393. The smallest absolute Gasteiger partial charge is 0.347 e. The highest BCUT2D eigenvalue weighted by Crippen LogP contribution is 2.29. The van der Waals surface area contributed by atoms with Crippen molar-refractivity contribution in [3.05, 3.63) is 54.1 Å². The predicted molar refractivity (Wildman–Crippen MR) is 126 cm³/mol. The molecule has 1 aliphatic rings. The predicted octanol–water partition coefficient (Wildman–Crippen LogP) is 5.31. The molecule has 0 spiro atoms. The van der Waals surface area contributed by atoms with E-state index in [1.165, 1.54) is 13.8 Å². The van der Waals surface area contributed by atoms with E-state index in [4.69, 9.17) is 4.74 Å². The lowest BCUT2D eigenvalue weighted by Gasteiger charge is -2.22. The molecule has 3 rings (SSSR count). The maximum absolute atomic E-state index is 12.8. The second kappa shape index (κ2) is 9.15. The Bertz CT molecular complexity index is 1020. The minimum atomic E-state index is -1.31. The first-order valence-corrected chi connectivity index (χ1v) is 11.1. The zero-order valence-electron chi connectivity index (χ0n) is 19.5. The first-order valence-electron chi connectivity index (χ1n) is 11.1. The molecular formula is C26H32N2O4. The maximum atomic E-state index is 12.8. The lowest BCUT2D eigenvalue weighted by molar-refractivity contribution is -0.152. The van der Waals surface area contributed by atoms with Crippen LogP contribution in [-0.2, 0) is 16.1 Å². The van der Waals surface area contributed by atoms with Crippen molar-refractivity contribution < 1.29 is 19.4 Å². The Morgan fingerprint density at radius 1 is 1.12 bits per heavy atom. The van der Waals surface area contributed by atoms with Crippen LogP contribution in [0.5, 0.6) is 5.75 Å². The van der Waals surface area contributed by atoms with E-state index < -0.39 is 17.1 Å². The van der Waals surface area contributed by atoms with Crippen molar-refractivity contribution in [2.45, 2.75) is 71.6 Å². The van der Waals surface area contributed by atoms with E-state index in [2.05, 4.69) is 11.9 Å².